The van der Waals surface area contributed by atoms with E-state index >= 15 is 0 Å². The van der Waals surface area contributed by atoms with Crippen LogP contribution in [0.4, 0.5) is 0 Å². The van der Waals surface area contributed by atoms with Crippen LogP contribution in [0.3, 0.4) is 0 Å². The molecule has 3 rings (SSSR count). The van der Waals surface area contributed by atoms with Crippen LogP contribution in [-0.4, -0.2) is 43.2 Å². The third-order valence-corrected chi connectivity index (χ3v) is 5.55. The molecule has 2 saturated carbocycles. The van der Waals surface area contributed by atoms with Gasteiger partial charge in [-0.25, -0.2) is 0 Å². The van der Waals surface area contributed by atoms with Crippen LogP contribution in [0.2, 0.25) is 0 Å². The van der Waals surface area contributed by atoms with E-state index < -0.39 is 0 Å². The maximum absolute atomic E-state index is 12.6. The van der Waals surface area contributed by atoms with Crippen molar-refractivity contribution in [1.82, 2.24) is 4.90 Å². The first-order valence-electron chi connectivity index (χ1n) is 7.76. The Labute approximate surface area is 115 Å². The maximum Gasteiger partial charge on any atom is 0.225 e. The summed E-state index contributed by atoms with van der Waals surface area (Å²) in [6, 6.07) is 0.350. The minimum atomic E-state index is 0.228. The van der Waals surface area contributed by atoms with Crippen molar-refractivity contribution in [2.45, 2.75) is 50.7 Å². The lowest BCUT2D eigenvalue weighted by Crippen LogP contribution is -2.49. The van der Waals surface area contributed by atoms with Gasteiger partial charge in [-0.05, 0) is 43.9 Å². The number of ether oxygens (including phenoxy) is 1. The van der Waals surface area contributed by atoms with Gasteiger partial charge in [-0.2, -0.15) is 0 Å². The van der Waals surface area contributed by atoms with Crippen LogP contribution in [0.5, 0.6) is 0 Å². The highest BCUT2D eigenvalue weighted by Gasteiger charge is 2.42. The van der Waals surface area contributed by atoms with Crippen molar-refractivity contribution < 1.29 is 9.53 Å². The van der Waals surface area contributed by atoms with Gasteiger partial charge in [0.1, 0.15) is 0 Å². The molecule has 1 amide bonds. The quantitative estimate of drug-likeness (QED) is 0.821. The molecule has 0 radical (unpaired) electrons. The molecule has 2 unspecified atom stereocenters. The Morgan fingerprint density at radius 1 is 1.21 bits per heavy atom. The maximum atomic E-state index is 12.6. The average molecular weight is 266 g/mol. The normalized spacial score (nSPS) is 42.4. The van der Waals surface area contributed by atoms with Gasteiger partial charge in [-0.1, -0.05) is 6.42 Å². The summed E-state index contributed by atoms with van der Waals surface area (Å²) >= 11 is 0. The fourth-order valence-electron chi connectivity index (χ4n) is 4.37. The van der Waals surface area contributed by atoms with Gasteiger partial charge in [0.2, 0.25) is 5.91 Å². The first kappa shape index (κ1) is 13.4. The van der Waals surface area contributed by atoms with Gasteiger partial charge in [0.05, 0.1) is 6.10 Å². The summed E-state index contributed by atoms with van der Waals surface area (Å²) in [6.07, 6.45) is 7.02. The number of hydrogen-bond acceptors (Lipinski definition) is 3. The van der Waals surface area contributed by atoms with E-state index in [-0.39, 0.29) is 12.0 Å². The van der Waals surface area contributed by atoms with Crippen molar-refractivity contribution in [3.05, 3.63) is 0 Å². The minimum absolute atomic E-state index is 0.228. The second kappa shape index (κ2) is 5.41. The van der Waals surface area contributed by atoms with Crippen LogP contribution < -0.4 is 5.73 Å². The lowest BCUT2D eigenvalue weighted by Gasteiger charge is -2.44. The van der Waals surface area contributed by atoms with Crippen molar-refractivity contribution in [2.24, 2.45) is 23.5 Å². The van der Waals surface area contributed by atoms with Gasteiger partial charge in [-0.3, -0.25) is 4.79 Å². The molecule has 2 N–H and O–H groups in total. The highest BCUT2D eigenvalue weighted by atomic mass is 16.5. The van der Waals surface area contributed by atoms with Gasteiger partial charge in [0, 0.05) is 32.2 Å². The molecule has 3 fully saturated rings. The van der Waals surface area contributed by atoms with Gasteiger partial charge < -0.3 is 15.4 Å². The molecule has 0 aromatic carbocycles. The predicted molar refractivity (Wildman–Crippen MR) is 73.5 cm³/mol. The molecule has 0 aromatic heterocycles. The largest absolute Gasteiger partial charge is 0.380 e. The number of nitrogens with two attached hydrogens (primary N) is 1. The number of methoxy groups -OCH3 is 1. The highest BCUT2D eigenvalue weighted by molar-refractivity contribution is 5.79. The van der Waals surface area contributed by atoms with Crippen molar-refractivity contribution in [2.75, 3.05) is 20.2 Å². The molecule has 4 nitrogen and oxygen atoms in total. The molecule has 0 spiro atoms. The lowest BCUT2D eigenvalue weighted by atomic mass is 9.65. The van der Waals surface area contributed by atoms with Crippen molar-refractivity contribution in [3.8, 4) is 0 Å². The van der Waals surface area contributed by atoms with Gasteiger partial charge in [0.15, 0.2) is 0 Å². The number of nitrogens with zero attached hydrogens (tertiary/aromatic N) is 1. The summed E-state index contributed by atoms with van der Waals surface area (Å²) in [5.41, 5.74) is 6.30. The van der Waals surface area contributed by atoms with E-state index in [2.05, 4.69) is 0 Å². The summed E-state index contributed by atoms with van der Waals surface area (Å²) in [5, 5.41) is 0. The van der Waals surface area contributed by atoms with Gasteiger partial charge >= 0.3 is 0 Å². The summed E-state index contributed by atoms with van der Waals surface area (Å²) in [6.45, 7) is 1.66. The number of likely N-dealkylation sites (tertiary alicyclic amines) is 1. The SMILES string of the molecule is CO[C@@H]1CCN(C(=O)C2CC3CCCC(C2)C3N)C1. The number of carbonyl (C=O) groups is 1. The van der Waals surface area contributed by atoms with E-state index in [9.17, 15) is 4.79 Å². The van der Waals surface area contributed by atoms with E-state index in [1.165, 1.54) is 19.3 Å². The fraction of sp³-hybridized carbons (Fsp3) is 0.933. The van der Waals surface area contributed by atoms with Crippen LogP contribution in [0.1, 0.15) is 38.5 Å². The number of amides is 1. The van der Waals surface area contributed by atoms with Crippen molar-refractivity contribution >= 4 is 5.91 Å². The molecule has 19 heavy (non-hydrogen) atoms. The zero-order chi connectivity index (χ0) is 13.4. The highest BCUT2D eigenvalue weighted by Crippen LogP contribution is 2.42. The summed E-state index contributed by atoms with van der Waals surface area (Å²) < 4.78 is 5.36. The number of hydrogen-bond donors (Lipinski definition) is 1. The molecule has 1 saturated heterocycles. The molecule has 2 bridgehead atoms. The summed E-state index contributed by atoms with van der Waals surface area (Å²) in [4.78, 5) is 14.6. The standard InChI is InChI=1S/C15H26N2O2/c1-19-13-5-6-17(9-13)15(18)12-7-10-3-2-4-11(8-12)14(10)16/h10-14H,2-9,16H2,1H3/t10?,11?,12?,13-,14?/m1/s1. The Morgan fingerprint density at radius 3 is 2.47 bits per heavy atom. The first-order valence-corrected chi connectivity index (χ1v) is 7.76. The molecule has 2 aliphatic carbocycles. The Bertz CT molecular complexity index is 333. The van der Waals surface area contributed by atoms with Gasteiger partial charge in [-0.15, -0.1) is 0 Å². The predicted octanol–water partition coefficient (Wildman–Crippen LogP) is 1.39. The minimum Gasteiger partial charge on any atom is -0.380 e. The second-order valence-electron chi connectivity index (χ2n) is 6.63. The van der Waals surface area contributed by atoms with Crippen molar-refractivity contribution in [3.63, 3.8) is 0 Å². The molecule has 1 heterocycles. The fourth-order valence-corrected chi connectivity index (χ4v) is 4.37. The van der Waals surface area contributed by atoms with E-state index in [1.54, 1.807) is 7.11 Å². The third kappa shape index (κ3) is 2.52. The zero-order valence-corrected chi connectivity index (χ0v) is 11.9. The zero-order valence-electron chi connectivity index (χ0n) is 11.9. The summed E-state index contributed by atoms with van der Waals surface area (Å²) in [5.74, 6) is 1.76. The number of fused-ring (bicyclic) bond motifs is 2. The van der Waals surface area contributed by atoms with Crippen molar-refractivity contribution in [1.29, 1.82) is 0 Å². The van der Waals surface area contributed by atoms with E-state index in [1.807, 2.05) is 4.90 Å². The molecule has 108 valence electrons. The number of rotatable bonds is 2. The Kier molecular flexibility index (Phi) is 3.81. The summed E-state index contributed by atoms with van der Waals surface area (Å²) in [7, 11) is 1.74. The Balaban J connectivity index is 1.62. The average Bonchev–Trinajstić information content (AvgIpc) is 2.86. The third-order valence-electron chi connectivity index (χ3n) is 5.55. The van der Waals surface area contributed by atoms with Crippen LogP contribution in [0.25, 0.3) is 0 Å². The second-order valence-corrected chi connectivity index (χ2v) is 6.63. The number of carbonyl (C=O) groups excluding carboxylic acids is 1. The Hall–Kier alpha value is -0.610. The molecule has 4 heteroatoms. The van der Waals surface area contributed by atoms with Crippen LogP contribution in [-0.2, 0) is 9.53 Å². The topological polar surface area (TPSA) is 55.6 Å². The monoisotopic (exact) mass is 266 g/mol. The smallest absolute Gasteiger partial charge is 0.225 e. The molecular formula is C15H26N2O2. The van der Waals surface area contributed by atoms with Crippen LogP contribution in [0.15, 0.2) is 0 Å². The van der Waals surface area contributed by atoms with Crippen LogP contribution >= 0.6 is 0 Å². The molecule has 3 atom stereocenters. The lowest BCUT2D eigenvalue weighted by molar-refractivity contribution is -0.138. The molecular weight excluding hydrogens is 240 g/mol. The van der Waals surface area contributed by atoms with Gasteiger partial charge in [0.25, 0.3) is 0 Å². The van der Waals surface area contributed by atoms with Crippen LogP contribution in [0, 0.1) is 17.8 Å². The van der Waals surface area contributed by atoms with E-state index in [0.29, 0.717) is 23.8 Å². The molecule has 0 aromatic rings. The molecule has 1 aliphatic heterocycles. The van der Waals surface area contributed by atoms with E-state index in [4.69, 9.17) is 10.5 Å². The first-order chi connectivity index (χ1) is 9.19. The van der Waals surface area contributed by atoms with E-state index in [0.717, 1.165) is 32.4 Å². The molecule has 3 aliphatic rings. The Morgan fingerprint density at radius 2 is 1.89 bits per heavy atom.